The number of carbonyl (C=O) groups excluding carboxylic acids is 1. The number of benzene rings is 4. The topological polar surface area (TPSA) is 89.4 Å². The van der Waals surface area contributed by atoms with E-state index in [1.807, 2.05) is 78.9 Å². The number of nitrogens with one attached hydrogen (secondary N) is 1. The Balaban J connectivity index is 1.26. The molecular formula is C33H25N5O2S3. The largest absolute Gasteiger partial charge is 0.392 e. The molecule has 7 rings (SSSR count). The van der Waals surface area contributed by atoms with Crippen molar-refractivity contribution in [3.8, 4) is 0 Å². The first-order valence-corrected chi connectivity index (χ1v) is 16.2. The van der Waals surface area contributed by atoms with E-state index >= 15 is 0 Å². The van der Waals surface area contributed by atoms with Crippen LogP contribution in [0.3, 0.4) is 0 Å². The van der Waals surface area contributed by atoms with Crippen molar-refractivity contribution < 1.29 is 9.63 Å². The number of anilines is 1. The number of thioether (sulfide) groups is 1. The average molecular weight is 620 g/mol. The molecule has 43 heavy (non-hydrogen) atoms. The van der Waals surface area contributed by atoms with Gasteiger partial charge < -0.3 is 10.2 Å². The third kappa shape index (κ3) is 5.81. The van der Waals surface area contributed by atoms with Gasteiger partial charge in [-0.15, -0.1) is 11.3 Å². The first-order chi connectivity index (χ1) is 21.2. The molecule has 0 bridgehead atoms. The molecule has 4 aromatic carbocycles. The Bertz CT molecular complexity index is 1760. The number of para-hydroxylation sites is 1. The number of nitrogens with zero attached hydrogens (tertiary/aromatic N) is 4. The Morgan fingerprint density at radius 1 is 0.814 bits per heavy atom. The van der Waals surface area contributed by atoms with Gasteiger partial charge in [-0.2, -0.15) is 9.36 Å². The monoisotopic (exact) mass is 619 g/mol. The van der Waals surface area contributed by atoms with Gasteiger partial charge in [0.2, 0.25) is 16.7 Å². The lowest BCUT2D eigenvalue weighted by Crippen LogP contribution is -2.38. The molecule has 1 aliphatic rings. The molecule has 0 unspecified atom stereocenters. The van der Waals surface area contributed by atoms with Crippen LogP contribution in [0.25, 0.3) is 10.2 Å². The molecule has 2 heterocycles. The number of rotatable bonds is 10. The van der Waals surface area contributed by atoms with E-state index in [0.717, 1.165) is 51.5 Å². The predicted octanol–water partition coefficient (Wildman–Crippen LogP) is 7.75. The summed E-state index contributed by atoms with van der Waals surface area (Å²) in [6, 6.07) is 38.6. The van der Waals surface area contributed by atoms with E-state index in [-0.39, 0.29) is 22.8 Å². The van der Waals surface area contributed by atoms with Gasteiger partial charge in [0.15, 0.2) is 4.34 Å². The Labute approximate surface area is 260 Å². The summed E-state index contributed by atoms with van der Waals surface area (Å²) in [4.78, 5) is 28.7. The highest BCUT2D eigenvalue weighted by atomic mass is 32.2. The minimum Gasteiger partial charge on any atom is -0.392 e. The SMILES string of the molecule is O=C(Sc1nc2ccccc2s1)/C(=N\OC1CC1)c1nsc(NC(c2ccccc2)(c2ccccc2)c2ccccc2)n1. The lowest BCUT2D eigenvalue weighted by atomic mass is 9.77. The number of hydrogen-bond acceptors (Lipinski definition) is 10. The standard InChI is InChI=1S/C33H25N5O2S3/c39-30(42-32-34-26-18-10-11-19-27(26)41-32)28(37-40-25-20-21-25)29-35-31(43-38-29)36-33(22-12-4-1-5-13-22,23-14-6-2-7-15-23)24-16-8-3-9-17-24/h1-19,25H,20-21H2,(H,35,36,38)/b37-28-. The summed E-state index contributed by atoms with van der Waals surface area (Å²) in [6.45, 7) is 0. The third-order valence-corrected chi connectivity index (χ3v) is 9.62. The smallest absolute Gasteiger partial charge is 0.252 e. The van der Waals surface area contributed by atoms with Crippen LogP contribution in [0, 0.1) is 0 Å². The molecule has 1 N–H and O–H groups in total. The van der Waals surface area contributed by atoms with Gasteiger partial charge >= 0.3 is 0 Å². The average Bonchev–Trinajstić information content (AvgIpc) is 3.62. The zero-order valence-corrected chi connectivity index (χ0v) is 25.2. The van der Waals surface area contributed by atoms with Crippen LogP contribution < -0.4 is 5.32 Å². The fourth-order valence-corrected chi connectivity index (χ4v) is 7.32. The fourth-order valence-electron chi connectivity index (χ4n) is 4.80. The summed E-state index contributed by atoms with van der Waals surface area (Å²) in [7, 11) is 0. The number of fused-ring (bicyclic) bond motifs is 1. The van der Waals surface area contributed by atoms with Crippen molar-refractivity contribution in [3.63, 3.8) is 0 Å². The summed E-state index contributed by atoms with van der Waals surface area (Å²) in [5.74, 6) is 0.217. The van der Waals surface area contributed by atoms with E-state index < -0.39 is 5.54 Å². The van der Waals surface area contributed by atoms with E-state index in [4.69, 9.17) is 9.82 Å². The maximum Gasteiger partial charge on any atom is 0.252 e. The first kappa shape index (κ1) is 27.5. The van der Waals surface area contributed by atoms with Crippen LogP contribution in [-0.2, 0) is 15.2 Å². The molecule has 212 valence electrons. The zero-order valence-electron chi connectivity index (χ0n) is 22.8. The minimum absolute atomic E-state index is 0.0216. The van der Waals surface area contributed by atoms with Crippen molar-refractivity contribution in [3.05, 3.63) is 138 Å². The van der Waals surface area contributed by atoms with Crippen molar-refractivity contribution in [2.24, 2.45) is 5.16 Å². The molecule has 0 aliphatic heterocycles. The molecule has 1 fully saturated rings. The van der Waals surface area contributed by atoms with Gasteiger partial charge in [0.1, 0.15) is 11.6 Å². The van der Waals surface area contributed by atoms with Crippen LogP contribution in [-0.4, -0.2) is 31.3 Å². The zero-order chi connectivity index (χ0) is 29.1. The normalized spacial score (nSPS) is 13.6. The molecule has 1 aliphatic carbocycles. The number of aromatic nitrogens is 3. The summed E-state index contributed by atoms with van der Waals surface area (Å²) in [5.41, 5.74) is 3.27. The van der Waals surface area contributed by atoms with Gasteiger partial charge in [-0.3, -0.25) is 4.79 Å². The van der Waals surface area contributed by atoms with Gasteiger partial charge in [-0.05, 0) is 53.4 Å². The highest BCUT2D eigenvalue weighted by molar-refractivity contribution is 8.16. The maximum absolute atomic E-state index is 13.6. The van der Waals surface area contributed by atoms with E-state index in [9.17, 15) is 4.79 Å². The molecule has 0 saturated heterocycles. The Morgan fingerprint density at radius 2 is 1.40 bits per heavy atom. The minimum atomic E-state index is -0.776. The molecule has 7 nitrogen and oxygen atoms in total. The van der Waals surface area contributed by atoms with Crippen molar-refractivity contribution in [1.82, 2.24) is 14.3 Å². The molecule has 6 aromatic rings. The van der Waals surface area contributed by atoms with Gasteiger partial charge in [0, 0.05) is 11.5 Å². The van der Waals surface area contributed by atoms with Crippen molar-refractivity contribution in [2.45, 2.75) is 28.8 Å². The van der Waals surface area contributed by atoms with E-state index in [0.29, 0.717) is 9.47 Å². The molecule has 10 heteroatoms. The highest BCUT2D eigenvalue weighted by Crippen LogP contribution is 2.40. The molecular weight excluding hydrogens is 595 g/mol. The molecule has 1 saturated carbocycles. The lowest BCUT2D eigenvalue weighted by Gasteiger charge is -2.36. The first-order valence-electron chi connectivity index (χ1n) is 13.8. The summed E-state index contributed by atoms with van der Waals surface area (Å²) in [5, 5.41) is 8.22. The Kier molecular flexibility index (Phi) is 7.71. The Hall–Kier alpha value is -4.38. The second-order valence-electron chi connectivity index (χ2n) is 9.98. The molecule has 0 amide bonds. The second kappa shape index (κ2) is 12.1. The van der Waals surface area contributed by atoms with Crippen LogP contribution in [0.5, 0.6) is 0 Å². The van der Waals surface area contributed by atoms with E-state index in [2.05, 4.69) is 56.2 Å². The summed E-state index contributed by atoms with van der Waals surface area (Å²) < 4.78 is 6.24. The van der Waals surface area contributed by atoms with Gasteiger partial charge in [-0.1, -0.05) is 108 Å². The Morgan fingerprint density at radius 3 is 1.98 bits per heavy atom. The molecule has 0 radical (unpaired) electrons. The van der Waals surface area contributed by atoms with Crippen LogP contribution >= 0.6 is 34.6 Å². The second-order valence-corrected chi connectivity index (χ2v) is 13.0. The molecule has 2 aromatic heterocycles. The quantitative estimate of drug-likeness (QED) is 0.0726. The van der Waals surface area contributed by atoms with Crippen LogP contribution in [0.1, 0.15) is 35.4 Å². The predicted molar refractivity (Wildman–Crippen MR) is 174 cm³/mol. The number of thiazole rings is 1. The van der Waals surface area contributed by atoms with E-state index in [1.54, 1.807) is 0 Å². The molecule has 0 atom stereocenters. The van der Waals surface area contributed by atoms with Gasteiger partial charge in [0.05, 0.1) is 10.2 Å². The van der Waals surface area contributed by atoms with Crippen molar-refractivity contribution in [2.75, 3.05) is 5.32 Å². The fraction of sp³-hybridized carbons (Fsp3) is 0.121. The van der Waals surface area contributed by atoms with Crippen molar-refractivity contribution in [1.29, 1.82) is 0 Å². The molecule has 0 spiro atoms. The van der Waals surface area contributed by atoms with Crippen molar-refractivity contribution >= 4 is 60.8 Å². The van der Waals surface area contributed by atoms with Gasteiger partial charge in [0.25, 0.3) is 5.12 Å². The van der Waals surface area contributed by atoms with E-state index in [1.165, 1.54) is 22.9 Å². The number of hydrogen-bond donors (Lipinski definition) is 1. The van der Waals surface area contributed by atoms with Crippen LogP contribution in [0.2, 0.25) is 0 Å². The van der Waals surface area contributed by atoms with Crippen LogP contribution in [0.15, 0.2) is 125 Å². The summed E-state index contributed by atoms with van der Waals surface area (Å²) >= 11 is 3.67. The maximum atomic E-state index is 13.6. The summed E-state index contributed by atoms with van der Waals surface area (Å²) in [6.07, 6.45) is 1.86. The lowest BCUT2D eigenvalue weighted by molar-refractivity contribution is -0.105. The number of oxime groups is 1. The number of carbonyl (C=O) groups is 1. The van der Waals surface area contributed by atoms with Gasteiger partial charge in [-0.25, -0.2) is 4.98 Å². The highest BCUT2D eigenvalue weighted by Gasteiger charge is 2.38. The third-order valence-electron chi connectivity index (χ3n) is 7.02. The van der Waals surface area contributed by atoms with Crippen LogP contribution in [0.4, 0.5) is 5.13 Å².